The van der Waals surface area contributed by atoms with Crippen LogP contribution in [0, 0.1) is 5.92 Å². The first kappa shape index (κ1) is 8.98. The molecule has 1 N–H and O–H groups in total. The van der Waals surface area contributed by atoms with E-state index in [9.17, 15) is 0 Å². The van der Waals surface area contributed by atoms with Crippen molar-refractivity contribution in [1.29, 1.82) is 0 Å². The largest absolute Gasteiger partial charge is 0.369 e. The van der Waals surface area contributed by atoms with Gasteiger partial charge in [-0.3, -0.25) is 0 Å². The Balaban J connectivity index is 2.23. The Bertz CT molecular complexity index is 421. The number of anilines is 1. The van der Waals surface area contributed by atoms with Crippen LogP contribution in [0.25, 0.3) is 0 Å². The number of nitrogens with one attached hydrogen (secondary N) is 1. The van der Waals surface area contributed by atoms with Gasteiger partial charge in [-0.25, -0.2) is 4.98 Å². The number of hydrogen-bond acceptors (Lipinski definition) is 2. The highest BCUT2D eigenvalue weighted by Crippen LogP contribution is 2.60. The van der Waals surface area contributed by atoms with Crippen LogP contribution < -0.4 is 5.32 Å². The van der Waals surface area contributed by atoms with Crippen LogP contribution in [-0.4, -0.2) is 11.5 Å². The van der Waals surface area contributed by atoms with Crippen LogP contribution in [0.4, 0.5) is 5.82 Å². The molecule has 2 nitrogen and oxygen atoms in total. The number of halogens is 2. The van der Waals surface area contributed by atoms with Gasteiger partial charge < -0.3 is 5.32 Å². The predicted octanol–water partition coefficient (Wildman–Crippen LogP) is 3.20. The highest BCUT2D eigenvalue weighted by molar-refractivity contribution is 9.10. The molecule has 2 heterocycles. The topological polar surface area (TPSA) is 24.9 Å². The van der Waals surface area contributed by atoms with Crippen LogP contribution in [0.1, 0.15) is 18.9 Å². The zero-order chi connectivity index (χ0) is 9.92. The van der Waals surface area contributed by atoms with E-state index < -0.39 is 0 Å². The van der Waals surface area contributed by atoms with Gasteiger partial charge in [-0.2, -0.15) is 0 Å². The summed E-state index contributed by atoms with van der Waals surface area (Å²) >= 11 is 9.73. The van der Waals surface area contributed by atoms with Crippen LogP contribution in [0.5, 0.6) is 0 Å². The molecule has 0 saturated heterocycles. The number of rotatable bonds is 0. The SMILES string of the molecule is CC1CC12CNc1ncc(Br)c(Cl)c12. The third-order valence-corrected chi connectivity index (χ3v) is 4.72. The van der Waals surface area contributed by atoms with Gasteiger partial charge >= 0.3 is 0 Å². The number of fused-ring (bicyclic) bond motifs is 2. The second-order valence-corrected chi connectivity index (χ2v) is 5.49. The standard InChI is InChI=1S/C10H10BrClN2/c1-5-2-10(5)4-14-9-7(10)8(12)6(11)3-13-9/h3,5H,2,4H2,1H3,(H,13,14). The van der Waals surface area contributed by atoms with Gasteiger partial charge in [-0.1, -0.05) is 18.5 Å². The lowest BCUT2D eigenvalue weighted by atomic mass is 9.98. The molecule has 1 spiro atoms. The molecule has 1 aromatic rings. The van der Waals surface area contributed by atoms with Gasteiger partial charge in [-0.15, -0.1) is 0 Å². The van der Waals surface area contributed by atoms with E-state index in [1.807, 2.05) is 0 Å². The molecule has 1 saturated carbocycles. The third-order valence-electron chi connectivity index (χ3n) is 3.50. The molecule has 1 aliphatic carbocycles. The van der Waals surface area contributed by atoms with Gasteiger partial charge in [0.05, 0.1) is 9.50 Å². The maximum absolute atomic E-state index is 6.30. The van der Waals surface area contributed by atoms with E-state index in [2.05, 4.69) is 33.2 Å². The van der Waals surface area contributed by atoms with Crippen LogP contribution in [0.15, 0.2) is 10.7 Å². The predicted molar refractivity (Wildman–Crippen MR) is 60.9 cm³/mol. The molecule has 0 radical (unpaired) electrons. The average Bonchev–Trinajstić information content (AvgIpc) is 2.64. The van der Waals surface area contributed by atoms with Crippen molar-refractivity contribution in [2.75, 3.05) is 11.9 Å². The van der Waals surface area contributed by atoms with Gasteiger partial charge in [0.25, 0.3) is 0 Å². The first-order valence-electron chi connectivity index (χ1n) is 4.73. The minimum atomic E-state index is 0.281. The number of hydrogen-bond donors (Lipinski definition) is 1. The molecule has 4 heteroatoms. The highest BCUT2D eigenvalue weighted by Gasteiger charge is 2.57. The molecule has 2 atom stereocenters. The number of aromatic nitrogens is 1. The van der Waals surface area contributed by atoms with Gasteiger partial charge in [0.1, 0.15) is 5.82 Å². The first-order valence-corrected chi connectivity index (χ1v) is 5.90. The maximum atomic E-state index is 6.30. The molecule has 74 valence electrons. The molecule has 0 amide bonds. The Labute approximate surface area is 96.2 Å². The molecule has 0 aromatic carbocycles. The number of nitrogens with zero attached hydrogens (tertiary/aromatic N) is 1. The molecule has 0 bridgehead atoms. The van der Waals surface area contributed by atoms with Crippen molar-refractivity contribution < 1.29 is 0 Å². The third kappa shape index (κ3) is 0.947. The Kier molecular flexibility index (Phi) is 1.69. The smallest absolute Gasteiger partial charge is 0.131 e. The monoisotopic (exact) mass is 272 g/mol. The fourth-order valence-corrected chi connectivity index (χ4v) is 3.09. The lowest BCUT2D eigenvalue weighted by Crippen LogP contribution is -2.11. The molecular weight excluding hydrogens is 263 g/mol. The molecular formula is C10H10BrClN2. The average molecular weight is 274 g/mol. The summed E-state index contributed by atoms with van der Waals surface area (Å²) in [5.41, 5.74) is 1.50. The van der Waals surface area contributed by atoms with Crippen molar-refractivity contribution >= 4 is 33.3 Å². The normalized spacial score (nSPS) is 32.9. The van der Waals surface area contributed by atoms with Crippen molar-refractivity contribution in [3.63, 3.8) is 0 Å². The van der Waals surface area contributed by atoms with Crippen molar-refractivity contribution in [1.82, 2.24) is 4.98 Å². The number of pyridine rings is 1. The van der Waals surface area contributed by atoms with Gasteiger partial charge in [-0.05, 0) is 28.3 Å². The van der Waals surface area contributed by atoms with Crippen molar-refractivity contribution in [3.05, 3.63) is 21.3 Å². The van der Waals surface area contributed by atoms with Crippen LogP contribution in [-0.2, 0) is 5.41 Å². The Morgan fingerprint density at radius 3 is 3.07 bits per heavy atom. The molecule has 2 aliphatic rings. The fourth-order valence-electron chi connectivity index (χ4n) is 2.47. The van der Waals surface area contributed by atoms with Crippen LogP contribution in [0.2, 0.25) is 5.02 Å². The summed E-state index contributed by atoms with van der Waals surface area (Å²) < 4.78 is 0.903. The Morgan fingerprint density at radius 2 is 2.43 bits per heavy atom. The molecule has 14 heavy (non-hydrogen) atoms. The van der Waals surface area contributed by atoms with Crippen LogP contribution in [0.3, 0.4) is 0 Å². The summed E-state index contributed by atoms with van der Waals surface area (Å²) in [7, 11) is 0. The summed E-state index contributed by atoms with van der Waals surface area (Å²) in [6, 6.07) is 0. The van der Waals surface area contributed by atoms with E-state index in [0.29, 0.717) is 0 Å². The quantitative estimate of drug-likeness (QED) is 0.785. The second kappa shape index (κ2) is 2.64. The highest BCUT2D eigenvalue weighted by atomic mass is 79.9. The minimum absolute atomic E-state index is 0.281. The minimum Gasteiger partial charge on any atom is -0.369 e. The second-order valence-electron chi connectivity index (χ2n) is 4.26. The molecule has 2 unspecified atom stereocenters. The van der Waals surface area contributed by atoms with E-state index in [4.69, 9.17) is 11.6 Å². The summed E-state index contributed by atoms with van der Waals surface area (Å²) in [5.74, 6) is 1.70. The maximum Gasteiger partial charge on any atom is 0.131 e. The van der Waals surface area contributed by atoms with E-state index in [1.54, 1.807) is 6.20 Å². The van der Waals surface area contributed by atoms with E-state index >= 15 is 0 Å². The Hall–Kier alpha value is -0.280. The lowest BCUT2D eigenvalue weighted by Gasteiger charge is -2.10. The fraction of sp³-hybridized carbons (Fsp3) is 0.500. The molecule has 1 aliphatic heterocycles. The van der Waals surface area contributed by atoms with Crippen molar-refractivity contribution in [2.45, 2.75) is 18.8 Å². The Morgan fingerprint density at radius 1 is 1.71 bits per heavy atom. The van der Waals surface area contributed by atoms with E-state index in [-0.39, 0.29) is 5.41 Å². The summed E-state index contributed by atoms with van der Waals surface area (Å²) in [6.07, 6.45) is 2.99. The van der Waals surface area contributed by atoms with E-state index in [0.717, 1.165) is 27.8 Å². The van der Waals surface area contributed by atoms with Gasteiger partial charge in [0.15, 0.2) is 0 Å². The molecule has 1 fully saturated rings. The van der Waals surface area contributed by atoms with Crippen molar-refractivity contribution in [2.24, 2.45) is 5.92 Å². The summed E-state index contributed by atoms with van der Waals surface area (Å²) in [4.78, 5) is 4.35. The van der Waals surface area contributed by atoms with Crippen LogP contribution >= 0.6 is 27.5 Å². The lowest BCUT2D eigenvalue weighted by molar-refractivity contribution is 0.695. The molecule has 1 aromatic heterocycles. The zero-order valence-electron chi connectivity index (χ0n) is 7.77. The molecule has 3 rings (SSSR count). The van der Waals surface area contributed by atoms with Crippen molar-refractivity contribution in [3.8, 4) is 0 Å². The zero-order valence-corrected chi connectivity index (χ0v) is 10.1. The first-order chi connectivity index (χ1) is 6.65. The summed E-state index contributed by atoms with van der Waals surface area (Å²) in [5, 5.41) is 4.17. The van der Waals surface area contributed by atoms with E-state index in [1.165, 1.54) is 12.0 Å². The summed E-state index contributed by atoms with van der Waals surface area (Å²) in [6.45, 7) is 3.26. The van der Waals surface area contributed by atoms with Gasteiger partial charge in [0.2, 0.25) is 0 Å². The van der Waals surface area contributed by atoms with Gasteiger partial charge in [0, 0.05) is 23.7 Å².